The van der Waals surface area contributed by atoms with E-state index < -0.39 is 0 Å². The summed E-state index contributed by atoms with van der Waals surface area (Å²) in [6.45, 7) is 0. The second kappa shape index (κ2) is 31.2. The molecule has 6 heterocycles. The van der Waals surface area contributed by atoms with Crippen molar-refractivity contribution in [2.45, 2.75) is 0 Å². The smallest absolute Gasteiger partial charge is 0.138 e. The van der Waals surface area contributed by atoms with Gasteiger partial charge in [0, 0.05) is 87.8 Å². The number of pyridine rings is 2. The van der Waals surface area contributed by atoms with Gasteiger partial charge in [0.1, 0.15) is 11.6 Å². The van der Waals surface area contributed by atoms with E-state index in [-0.39, 0.29) is 0 Å². The van der Waals surface area contributed by atoms with Crippen LogP contribution in [0.5, 0.6) is 0 Å². The van der Waals surface area contributed by atoms with Gasteiger partial charge in [-0.1, -0.05) is 370 Å². The standard InChI is InChI=1S/C38H23N.C37H22N2.C32H19N.C31H18N2/c1-2-10-24(11-3-1)25-13-8-14-27(22-25)39-34-19-9-18-31-29-16-6-7-17-30(29)33-23-26-12-4-5-15-28(26)32-20-21-35(39)38(36(32)33)37(31)34;1-2-10-23(11-3-1)31-17-9-19-34(38-31)39-32-18-8-16-28-26-14-6-7-15-27(26)30-22-24-12-4-5-13-25(24)29-20-21-33(39)37(35(29)30)36(28)32;1-2-10-21(11-3-1)33-28-16-8-15-25-23-13-6-7-14-24(23)27-19-20-9-4-5-12-22(20)26-17-18-29(33)32(30(26)27)31(25)28;1-2-9-20-19(8-1)18-25-22-11-4-3-10-21(22)23-12-7-13-26-30(23)31-27(16-15-24(20)29(25)31)33(26)28-14-5-6-17-32-28/h1-23H;1-22H;1-19H;1-18H. The fraction of sp³-hybridized carbons (Fsp3) is 0. The van der Waals surface area contributed by atoms with E-state index in [2.05, 4.69) is 498 Å². The summed E-state index contributed by atoms with van der Waals surface area (Å²) in [7, 11) is 0. The van der Waals surface area contributed by atoms with Crippen LogP contribution in [-0.2, 0) is 0 Å². The van der Waals surface area contributed by atoms with Gasteiger partial charge in [0.15, 0.2) is 0 Å². The maximum absolute atomic E-state index is 5.19. The molecule has 0 saturated heterocycles. The predicted molar refractivity (Wildman–Crippen MR) is 607 cm³/mol. The van der Waals surface area contributed by atoms with Crippen molar-refractivity contribution in [1.82, 2.24) is 28.2 Å². The van der Waals surface area contributed by atoms with E-state index in [9.17, 15) is 0 Å². The van der Waals surface area contributed by atoms with Crippen molar-refractivity contribution in [1.29, 1.82) is 0 Å². The highest BCUT2D eigenvalue weighted by Gasteiger charge is 2.33. The van der Waals surface area contributed by atoms with E-state index >= 15 is 0 Å². The average molecular weight is 1820 g/mol. The second-order valence-electron chi connectivity index (χ2n) is 38.6. The number of hydrogen-bond acceptors (Lipinski definition) is 2. The Balaban J connectivity index is 0.0000000879. The van der Waals surface area contributed by atoms with Gasteiger partial charge in [-0.05, 0) is 286 Å². The van der Waals surface area contributed by atoms with E-state index in [4.69, 9.17) is 9.97 Å². The number of para-hydroxylation sites is 1. The zero-order valence-electron chi connectivity index (χ0n) is 78.0. The lowest BCUT2D eigenvalue weighted by Gasteiger charge is -2.15. The molecule has 0 spiro atoms. The van der Waals surface area contributed by atoms with Gasteiger partial charge in [-0.15, -0.1) is 0 Å². The van der Waals surface area contributed by atoms with E-state index in [1.54, 1.807) is 0 Å². The summed E-state index contributed by atoms with van der Waals surface area (Å²) in [4.78, 5) is 9.92. The molecule has 30 aromatic rings. The molecule has 0 bridgehead atoms. The summed E-state index contributed by atoms with van der Waals surface area (Å²) < 4.78 is 9.57. The van der Waals surface area contributed by atoms with Crippen LogP contribution in [-0.4, -0.2) is 28.2 Å². The number of nitrogens with zero attached hydrogens (tertiary/aromatic N) is 6. The Morgan fingerprint density at radius 2 is 0.410 bits per heavy atom. The SMILES string of the molecule is c1ccc(-c2cccc(-n3c4cccc5c4c4c6c(cc7ccccc7c6ccc43)-c3ccccc3-5)c2)cc1.c1ccc(-c2cccc(-n3c4cccc5c4c4c6c(cc7ccccc7c6ccc43)-c3ccccc3-5)n2)cc1.c1ccc(-n2c3cccc4c3c3c5c(cc6ccccc6c5ccc32)-c2ccccc2-4)cc1.c1ccc(-n2c3cccc4c3c3c5c(cc6ccccc6c5ccc32)-c2ccccc2-4)nc1. The molecule has 4 aliphatic carbocycles. The first-order valence-corrected chi connectivity index (χ1v) is 49.7. The highest BCUT2D eigenvalue weighted by molar-refractivity contribution is 6.39. The fourth-order valence-corrected chi connectivity index (χ4v) is 25.4. The summed E-state index contributed by atoms with van der Waals surface area (Å²) in [6, 6.07) is 179. The van der Waals surface area contributed by atoms with Crippen LogP contribution in [0.4, 0.5) is 0 Å². The molecule has 664 valence electrons. The van der Waals surface area contributed by atoms with Gasteiger partial charge in [-0.2, -0.15) is 0 Å². The van der Waals surface area contributed by atoms with Crippen LogP contribution in [0, 0.1) is 0 Å². The fourth-order valence-electron chi connectivity index (χ4n) is 25.4. The van der Waals surface area contributed by atoms with Gasteiger partial charge in [-0.3, -0.25) is 9.13 Å². The topological polar surface area (TPSA) is 45.5 Å². The lowest BCUT2D eigenvalue weighted by atomic mass is 9.90. The highest BCUT2D eigenvalue weighted by atomic mass is 15.1. The summed E-state index contributed by atoms with van der Waals surface area (Å²) >= 11 is 0. The summed E-state index contributed by atoms with van der Waals surface area (Å²) in [5, 5.41) is 31.6. The molecular formula is C138H82N6. The normalized spacial score (nSPS) is 12.2. The summed E-state index contributed by atoms with van der Waals surface area (Å²) in [6.07, 6.45) is 1.87. The van der Waals surface area contributed by atoms with Crippen molar-refractivity contribution in [3.05, 3.63) is 498 Å². The predicted octanol–water partition coefficient (Wildman–Crippen LogP) is 37.1. The third-order valence-electron chi connectivity index (χ3n) is 31.3. The first-order chi connectivity index (χ1) is 71.5. The van der Waals surface area contributed by atoms with Gasteiger partial charge >= 0.3 is 0 Å². The molecular weight excluding hydrogens is 1740 g/mol. The molecule has 0 atom stereocenters. The Hall–Kier alpha value is -19.1. The molecule has 0 N–H and O–H groups in total. The van der Waals surface area contributed by atoms with E-state index in [1.807, 2.05) is 18.3 Å². The van der Waals surface area contributed by atoms with Gasteiger partial charge in [0.25, 0.3) is 0 Å². The molecule has 6 heteroatoms. The van der Waals surface area contributed by atoms with Crippen LogP contribution in [0.3, 0.4) is 0 Å². The third-order valence-corrected chi connectivity index (χ3v) is 31.3. The molecule has 0 unspecified atom stereocenters. The first kappa shape index (κ1) is 79.9. The second-order valence-corrected chi connectivity index (χ2v) is 38.6. The molecule has 0 saturated carbocycles. The molecule has 144 heavy (non-hydrogen) atoms. The summed E-state index contributed by atoms with van der Waals surface area (Å²) in [5.74, 6) is 1.88. The van der Waals surface area contributed by atoms with Crippen molar-refractivity contribution in [2.24, 2.45) is 0 Å². The number of aromatic nitrogens is 6. The average Bonchev–Trinajstić information content (AvgIpc) is 1.54. The van der Waals surface area contributed by atoms with Crippen molar-refractivity contribution in [3.63, 3.8) is 0 Å². The van der Waals surface area contributed by atoms with Crippen LogP contribution in [0.15, 0.2) is 498 Å². The van der Waals surface area contributed by atoms with Gasteiger partial charge < -0.3 is 9.13 Å². The molecule has 4 aliphatic rings. The molecule has 24 aromatic carbocycles. The number of rotatable bonds is 6. The first-order valence-electron chi connectivity index (χ1n) is 49.7. The monoisotopic (exact) mass is 1820 g/mol. The molecule has 0 radical (unpaired) electrons. The van der Waals surface area contributed by atoms with Crippen LogP contribution in [0.2, 0.25) is 0 Å². The van der Waals surface area contributed by atoms with Crippen LogP contribution in [0.1, 0.15) is 0 Å². The lowest BCUT2D eigenvalue weighted by molar-refractivity contribution is 1.08. The van der Waals surface area contributed by atoms with Crippen molar-refractivity contribution in [2.75, 3.05) is 0 Å². The number of hydrogen-bond donors (Lipinski definition) is 0. The Morgan fingerprint density at radius 3 is 0.792 bits per heavy atom. The van der Waals surface area contributed by atoms with Crippen LogP contribution in [0.25, 0.3) is 308 Å². The van der Waals surface area contributed by atoms with E-state index in [0.717, 1.165) is 22.9 Å². The summed E-state index contributed by atoms with van der Waals surface area (Å²) in [5.41, 5.74) is 37.6. The minimum atomic E-state index is 0.934. The van der Waals surface area contributed by atoms with Crippen LogP contribution >= 0.6 is 0 Å². The Bertz CT molecular complexity index is 10200. The molecule has 6 nitrogen and oxygen atoms in total. The maximum Gasteiger partial charge on any atom is 0.138 e. The number of fused-ring (bicyclic) bond motifs is 20. The van der Waals surface area contributed by atoms with Crippen molar-refractivity contribution in [3.8, 4) is 134 Å². The molecule has 0 fully saturated rings. The minimum absolute atomic E-state index is 0.934. The molecule has 6 aromatic heterocycles. The van der Waals surface area contributed by atoms with Gasteiger partial charge in [-0.25, -0.2) is 9.97 Å². The quantitative estimate of drug-likeness (QED) is 0.156. The largest absolute Gasteiger partial charge is 0.309 e. The maximum atomic E-state index is 5.19. The molecule has 0 amide bonds. The van der Waals surface area contributed by atoms with E-state index in [0.29, 0.717) is 0 Å². The Morgan fingerprint density at radius 1 is 0.139 bits per heavy atom. The van der Waals surface area contributed by atoms with Crippen molar-refractivity contribution < 1.29 is 0 Å². The molecule has 34 rings (SSSR count). The Labute approximate surface area is 827 Å². The minimum Gasteiger partial charge on any atom is -0.309 e. The highest BCUT2D eigenvalue weighted by Crippen LogP contribution is 2.58. The van der Waals surface area contributed by atoms with Gasteiger partial charge in [0.05, 0.1) is 49.8 Å². The third kappa shape index (κ3) is 11.6. The zero-order valence-corrected chi connectivity index (χ0v) is 78.0. The zero-order chi connectivity index (χ0) is 94.0. The van der Waals surface area contributed by atoms with Crippen LogP contribution < -0.4 is 0 Å². The number of benzene rings is 24. The Kier molecular flexibility index (Phi) is 17.3. The van der Waals surface area contributed by atoms with E-state index in [1.165, 1.54) is 285 Å². The lowest BCUT2D eigenvalue weighted by Crippen LogP contribution is -1.99. The van der Waals surface area contributed by atoms with Crippen molar-refractivity contribution >= 4 is 173 Å². The van der Waals surface area contributed by atoms with Gasteiger partial charge in [0.2, 0.25) is 0 Å². The molecule has 0 aliphatic heterocycles.